The maximum atomic E-state index is 12.3. The maximum absolute atomic E-state index is 12.3. The summed E-state index contributed by atoms with van der Waals surface area (Å²) in [5, 5.41) is 6.93. The summed E-state index contributed by atoms with van der Waals surface area (Å²) in [5.74, 6) is 0. The Hall–Kier alpha value is -2.09. The molecule has 20 heavy (non-hydrogen) atoms. The molecule has 0 atom stereocenters. The van der Waals surface area contributed by atoms with Gasteiger partial charge in [-0.15, -0.1) is 0 Å². The fourth-order valence-corrected chi connectivity index (χ4v) is 2.87. The Labute approximate surface area is 118 Å². The van der Waals surface area contributed by atoms with Crippen molar-refractivity contribution in [3.8, 4) is 0 Å². The molecule has 0 aliphatic carbocycles. The van der Waals surface area contributed by atoms with Crippen molar-refractivity contribution in [2.75, 3.05) is 17.1 Å². The molecule has 0 radical (unpaired) electrons. The zero-order chi connectivity index (χ0) is 14.8. The average molecular weight is 295 g/mol. The van der Waals surface area contributed by atoms with Crippen LogP contribution in [-0.4, -0.2) is 30.2 Å². The minimum atomic E-state index is -3.70. The Balaban J connectivity index is 2.31. The second kappa shape index (κ2) is 5.49. The van der Waals surface area contributed by atoms with Gasteiger partial charge in [-0.25, -0.2) is 8.42 Å². The lowest BCUT2D eigenvalue weighted by Crippen LogP contribution is -2.14. The number of rotatable bonds is 5. The summed E-state index contributed by atoms with van der Waals surface area (Å²) >= 11 is 0. The van der Waals surface area contributed by atoms with Crippen LogP contribution in [0.3, 0.4) is 0 Å². The number of anilines is 2. The fraction of sp³-hybridized carbons (Fsp3) is 0.333. The molecule has 2 aromatic heterocycles. The summed E-state index contributed by atoms with van der Waals surface area (Å²) in [6.07, 6.45) is 5.97. The molecule has 0 saturated heterocycles. The first-order chi connectivity index (χ1) is 9.44. The number of nitrogens with one attached hydrogen (secondary N) is 2. The molecule has 0 bridgehead atoms. The van der Waals surface area contributed by atoms with Gasteiger partial charge in [-0.2, -0.15) is 5.10 Å². The van der Waals surface area contributed by atoms with Crippen molar-refractivity contribution >= 4 is 21.4 Å². The Morgan fingerprint density at radius 1 is 1.30 bits per heavy atom. The zero-order valence-electron chi connectivity index (χ0n) is 11.5. The monoisotopic (exact) mass is 295 g/mol. The molecule has 2 heterocycles. The second-order valence-corrected chi connectivity index (χ2v) is 6.18. The lowest BCUT2D eigenvalue weighted by molar-refractivity contribution is 0.532. The molecule has 108 valence electrons. The van der Waals surface area contributed by atoms with E-state index in [4.69, 9.17) is 0 Å². The maximum Gasteiger partial charge on any atom is 0.265 e. The lowest BCUT2D eigenvalue weighted by Gasteiger charge is -2.10. The van der Waals surface area contributed by atoms with Crippen LogP contribution >= 0.6 is 0 Å². The van der Waals surface area contributed by atoms with Crippen molar-refractivity contribution in [1.29, 1.82) is 0 Å². The second-order valence-electron chi connectivity index (χ2n) is 4.53. The van der Waals surface area contributed by atoms with Crippen LogP contribution in [0.4, 0.5) is 11.4 Å². The van der Waals surface area contributed by atoms with Crippen LogP contribution in [0.15, 0.2) is 35.7 Å². The number of sulfonamides is 1. The number of hydrogen-bond acceptors (Lipinski definition) is 5. The van der Waals surface area contributed by atoms with E-state index in [1.54, 1.807) is 24.0 Å². The summed E-state index contributed by atoms with van der Waals surface area (Å²) in [6.45, 7) is 3.93. The molecule has 2 aromatic rings. The molecule has 0 amide bonds. The van der Waals surface area contributed by atoms with E-state index in [-0.39, 0.29) is 10.9 Å². The highest BCUT2D eigenvalue weighted by Gasteiger charge is 2.19. The van der Waals surface area contributed by atoms with Crippen LogP contribution in [0.2, 0.25) is 0 Å². The van der Waals surface area contributed by atoms with Crippen molar-refractivity contribution < 1.29 is 8.42 Å². The van der Waals surface area contributed by atoms with Crippen LogP contribution in [-0.2, 0) is 10.0 Å². The first-order valence-electron chi connectivity index (χ1n) is 6.13. The minimum Gasteiger partial charge on any atom is -0.387 e. The Morgan fingerprint density at radius 3 is 2.65 bits per heavy atom. The summed E-state index contributed by atoms with van der Waals surface area (Å²) in [5.41, 5.74) is 0.911. The molecule has 0 aliphatic heterocycles. The highest BCUT2D eigenvalue weighted by atomic mass is 32.2. The van der Waals surface area contributed by atoms with Crippen LogP contribution in [0.25, 0.3) is 0 Å². The van der Waals surface area contributed by atoms with E-state index < -0.39 is 10.0 Å². The first kappa shape index (κ1) is 14.3. The van der Waals surface area contributed by atoms with E-state index in [0.29, 0.717) is 11.4 Å². The highest BCUT2D eigenvalue weighted by molar-refractivity contribution is 7.92. The summed E-state index contributed by atoms with van der Waals surface area (Å²) in [4.78, 5) is 3.95. The molecule has 0 fully saturated rings. The third kappa shape index (κ3) is 2.90. The SMILES string of the molecule is CNc1ccncc1S(=O)(=O)Nc1cnn(C(C)C)c1. The Bertz CT molecular complexity index is 693. The summed E-state index contributed by atoms with van der Waals surface area (Å²) in [6, 6.07) is 1.77. The molecule has 0 spiro atoms. The van der Waals surface area contributed by atoms with Crippen molar-refractivity contribution in [3.05, 3.63) is 30.9 Å². The van der Waals surface area contributed by atoms with E-state index in [9.17, 15) is 8.42 Å². The molecule has 2 N–H and O–H groups in total. The van der Waals surface area contributed by atoms with Gasteiger partial charge in [-0.3, -0.25) is 14.4 Å². The van der Waals surface area contributed by atoms with Crippen LogP contribution in [0.5, 0.6) is 0 Å². The minimum absolute atomic E-state index is 0.0970. The molecule has 2 rings (SSSR count). The number of hydrogen-bond donors (Lipinski definition) is 2. The molecule has 8 heteroatoms. The third-order valence-corrected chi connectivity index (χ3v) is 4.13. The van der Waals surface area contributed by atoms with E-state index >= 15 is 0 Å². The van der Waals surface area contributed by atoms with Crippen molar-refractivity contribution in [2.24, 2.45) is 0 Å². The topological polar surface area (TPSA) is 88.9 Å². The van der Waals surface area contributed by atoms with E-state index in [1.807, 2.05) is 13.8 Å². The van der Waals surface area contributed by atoms with Crippen LogP contribution in [0, 0.1) is 0 Å². The molecular weight excluding hydrogens is 278 g/mol. The van der Waals surface area contributed by atoms with E-state index in [2.05, 4.69) is 20.1 Å². The molecule has 7 nitrogen and oxygen atoms in total. The predicted molar refractivity (Wildman–Crippen MR) is 77.2 cm³/mol. The molecule has 0 aromatic carbocycles. The van der Waals surface area contributed by atoms with Gasteiger partial charge < -0.3 is 5.32 Å². The van der Waals surface area contributed by atoms with Gasteiger partial charge in [0, 0.05) is 31.7 Å². The first-order valence-corrected chi connectivity index (χ1v) is 7.61. The zero-order valence-corrected chi connectivity index (χ0v) is 12.3. The smallest absolute Gasteiger partial charge is 0.265 e. The van der Waals surface area contributed by atoms with E-state index in [0.717, 1.165) is 0 Å². The average Bonchev–Trinajstić information content (AvgIpc) is 2.86. The highest BCUT2D eigenvalue weighted by Crippen LogP contribution is 2.22. The molecular formula is C12H17N5O2S. The van der Waals surface area contributed by atoms with Gasteiger partial charge in [0.05, 0.1) is 17.6 Å². The lowest BCUT2D eigenvalue weighted by atomic mass is 10.4. The number of nitrogens with zero attached hydrogens (tertiary/aromatic N) is 3. The number of pyridine rings is 1. The van der Waals surface area contributed by atoms with Crippen molar-refractivity contribution in [2.45, 2.75) is 24.8 Å². The van der Waals surface area contributed by atoms with Gasteiger partial charge in [-0.1, -0.05) is 0 Å². The van der Waals surface area contributed by atoms with Gasteiger partial charge in [0.1, 0.15) is 4.90 Å². The van der Waals surface area contributed by atoms with Crippen LogP contribution in [0.1, 0.15) is 19.9 Å². The molecule has 0 unspecified atom stereocenters. The summed E-state index contributed by atoms with van der Waals surface area (Å²) < 4.78 is 28.8. The van der Waals surface area contributed by atoms with Crippen molar-refractivity contribution in [1.82, 2.24) is 14.8 Å². The number of aromatic nitrogens is 3. The van der Waals surface area contributed by atoms with Gasteiger partial charge in [0.2, 0.25) is 0 Å². The Kier molecular flexibility index (Phi) is 3.93. The largest absolute Gasteiger partial charge is 0.387 e. The van der Waals surface area contributed by atoms with Crippen LogP contribution < -0.4 is 10.0 Å². The van der Waals surface area contributed by atoms with Gasteiger partial charge in [-0.05, 0) is 19.9 Å². The predicted octanol–water partition coefficient (Wildman–Crippen LogP) is 1.70. The quantitative estimate of drug-likeness (QED) is 0.876. The summed E-state index contributed by atoms with van der Waals surface area (Å²) in [7, 11) is -2.04. The standard InChI is InChI=1S/C12H17N5O2S/c1-9(2)17-8-10(6-15-17)16-20(18,19)12-7-14-5-4-11(12)13-3/h4-9,16H,1-3H3,(H,13,14). The van der Waals surface area contributed by atoms with Gasteiger partial charge in [0.25, 0.3) is 10.0 Å². The molecule has 0 aliphatic rings. The third-order valence-electron chi connectivity index (χ3n) is 2.73. The van der Waals surface area contributed by atoms with Gasteiger partial charge in [0.15, 0.2) is 0 Å². The molecule has 0 saturated carbocycles. The normalized spacial score (nSPS) is 11.6. The Morgan fingerprint density at radius 2 is 2.05 bits per heavy atom. The fourth-order valence-electron chi connectivity index (χ4n) is 1.68. The van der Waals surface area contributed by atoms with E-state index in [1.165, 1.54) is 18.6 Å². The van der Waals surface area contributed by atoms with Crippen molar-refractivity contribution in [3.63, 3.8) is 0 Å². The van der Waals surface area contributed by atoms with Gasteiger partial charge >= 0.3 is 0 Å².